The van der Waals surface area contributed by atoms with E-state index in [0.29, 0.717) is 18.8 Å². The van der Waals surface area contributed by atoms with Crippen molar-refractivity contribution in [3.8, 4) is 0 Å². The predicted molar refractivity (Wildman–Crippen MR) is 102 cm³/mol. The van der Waals surface area contributed by atoms with Gasteiger partial charge in [0.1, 0.15) is 6.10 Å². The van der Waals surface area contributed by atoms with Gasteiger partial charge in [0, 0.05) is 30.7 Å². The van der Waals surface area contributed by atoms with E-state index in [1.54, 1.807) is 0 Å². The SMILES string of the molecule is CCN1CCN(C(=O)c2cc3n(n2)C[C@H](c2ccc(Br)cc2)OC3)CC1. The fourth-order valence-corrected chi connectivity index (χ4v) is 3.80. The lowest BCUT2D eigenvalue weighted by atomic mass is 10.1. The minimum absolute atomic E-state index is 0.0304. The Morgan fingerprint density at radius 2 is 1.96 bits per heavy atom. The maximum atomic E-state index is 12.8. The molecule has 0 radical (unpaired) electrons. The van der Waals surface area contributed by atoms with Crippen LogP contribution in [0.2, 0.25) is 0 Å². The van der Waals surface area contributed by atoms with Crippen LogP contribution in [0.15, 0.2) is 34.8 Å². The van der Waals surface area contributed by atoms with Crippen LogP contribution >= 0.6 is 15.9 Å². The van der Waals surface area contributed by atoms with Crippen molar-refractivity contribution in [3.63, 3.8) is 0 Å². The first-order valence-electron chi connectivity index (χ1n) is 9.09. The molecule has 0 aliphatic carbocycles. The van der Waals surface area contributed by atoms with Crippen molar-refractivity contribution in [3.05, 3.63) is 51.8 Å². The molecule has 0 unspecified atom stereocenters. The Bertz CT molecular complexity index is 781. The Morgan fingerprint density at radius 3 is 2.65 bits per heavy atom. The first-order valence-corrected chi connectivity index (χ1v) is 9.88. The lowest BCUT2D eigenvalue weighted by Gasteiger charge is -2.33. The van der Waals surface area contributed by atoms with E-state index in [1.165, 1.54) is 0 Å². The number of piperazine rings is 1. The molecule has 138 valence electrons. The number of fused-ring (bicyclic) bond motifs is 1. The fourth-order valence-electron chi connectivity index (χ4n) is 3.54. The van der Waals surface area contributed by atoms with Crippen LogP contribution in [0.1, 0.15) is 34.8 Å². The third-order valence-electron chi connectivity index (χ3n) is 5.20. The van der Waals surface area contributed by atoms with Gasteiger partial charge in [-0.05, 0) is 30.3 Å². The average molecular weight is 419 g/mol. The minimum atomic E-state index is -0.0356. The molecule has 4 rings (SSSR count). The van der Waals surface area contributed by atoms with Crippen molar-refractivity contribution in [2.45, 2.75) is 26.2 Å². The normalized spacial score (nSPS) is 20.8. The summed E-state index contributed by atoms with van der Waals surface area (Å²) in [6, 6.07) is 10.0. The number of nitrogens with zero attached hydrogens (tertiary/aromatic N) is 4. The minimum Gasteiger partial charge on any atom is -0.365 e. The summed E-state index contributed by atoms with van der Waals surface area (Å²) in [5, 5.41) is 4.58. The summed E-state index contributed by atoms with van der Waals surface area (Å²) >= 11 is 3.46. The molecule has 1 amide bonds. The standard InChI is InChI=1S/C19H23BrN4O2/c1-2-22-7-9-23(10-8-22)19(25)17-11-16-13-26-18(12-24(16)21-17)14-3-5-15(20)6-4-14/h3-6,11,18H,2,7-10,12-13H2,1H3/t18-/m1/s1. The van der Waals surface area contributed by atoms with Crippen LogP contribution in [0.3, 0.4) is 0 Å². The number of hydrogen-bond acceptors (Lipinski definition) is 4. The zero-order valence-electron chi connectivity index (χ0n) is 14.9. The maximum Gasteiger partial charge on any atom is 0.274 e. The molecule has 2 aliphatic rings. The second-order valence-corrected chi connectivity index (χ2v) is 7.70. The summed E-state index contributed by atoms with van der Waals surface area (Å²) in [4.78, 5) is 17.1. The number of likely N-dealkylation sites (N-methyl/N-ethyl adjacent to an activating group) is 1. The molecule has 1 atom stereocenters. The Labute approximate surface area is 161 Å². The van der Waals surface area contributed by atoms with E-state index in [4.69, 9.17) is 4.74 Å². The van der Waals surface area contributed by atoms with Crippen LogP contribution < -0.4 is 0 Å². The molecule has 1 aromatic heterocycles. The number of carbonyl (C=O) groups is 1. The summed E-state index contributed by atoms with van der Waals surface area (Å²) in [6.07, 6.45) is -0.0356. The molecule has 2 aromatic rings. The summed E-state index contributed by atoms with van der Waals surface area (Å²) in [5.41, 5.74) is 2.62. The van der Waals surface area contributed by atoms with E-state index >= 15 is 0 Å². The average Bonchev–Trinajstić information content (AvgIpc) is 3.11. The van der Waals surface area contributed by atoms with E-state index in [-0.39, 0.29) is 12.0 Å². The third-order valence-corrected chi connectivity index (χ3v) is 5.73. The van der Waals surface area contributed by atoms with Crippen molar-refractivity contribution in [1.29, 1.82) is 0 Å². The van der Waals surface area contributed by atoms with E-state index in [0.717, 1.165) is 48.5 Å². The molecule has 0 N–H and O–H groups in total. The van der Waals surface area contributed by atoms with E-state index in [9.17, 15) is 4.79 Å². The molecular formula is C19H23BrN4O2. The molecule has 1 saturated heterocycles. The fraction of sp³-hybridized carbons (Fsp3) is 0.474. The van der Waals surface area contributed by atoms with Crippen molar-refractivity contribution in [1.82, 2.24) is 19.6 Å². The van der Waals surface area contributed by atoms with Crippen molar-refractivity contribution in [2.24, 2.45) is 0 Å². The number of halogens is 1. The second-order valence-electron chi connectivity index (χ2n) is 6.78. The summed E-state index contributed by atoms with van der Waals surface area (Å²) in [7, 11) is 0. The van der Waals surface area contributed by atoms with Crippen LogP contribution in [-0.2, 0) is 17.9 Å². The quantitative estimate of drug-likeness (QED) is 0.768. The Kier molecular flexibility index (Phi) is 5.11. The molecule has 6 nitrogen and oxygen atoms in total. The van der Waals surface area contributed by atoms with E-state index in [2.05, 4.69) is 45.0 Å². The van der Waals surface area contributed by atoms with Gasteiger partial charge in [0.25, 0.3) is 5.91 Å². The molecule has 0 saturated carbocycles. The summed E-state index contributed by atoms with van der Waals surface area (Å²) < 4.78 is 8.96. The van der Waals surface area contributed by atoms with E-state index < -0.39 is 0 Å². The molecule has 1 aromatic carbocycles. The second kappa shape index (κ2) is 7.50. The number of rotatable bonds is 3. The lowest BCUT2D eigenvalue weighted by molar-refractivity contribution is -0.00123. The highest BCUT2D eigenvalue weighted by Crippen LogP contribution is 2.27. The van der Waals surface area contributed by atoms with Gasteiger partial charge in [0.05, 0.1) is 18.8 Å². The number of amides is 1. The molecule has 1 fully saturated rings. The molecular weight excluding hydrogens is 396 g/mol. The first kappa shape index (κ1) is 17.7. The summed E-state index contributed by atoms with van der Waals surface area (Å²) in [6.45, 7) is 7.71. The summed E-state index contributed by atoms with van der Waals surface area (Å²) in [5.74, 6) is 0.0304. The van der Waals surface area contributed by atoms with Crippen LogP contribution in [0.25, 0.3) is 0 Å². The van der Waals surface area contributed by atoms with Crippen molar-refractivity contribution >= 4 is 21.8 Å². The van der Waals surface area contributed by atoms with Gasteiger partial charge < -0.3 is 14.5 Å². The van der Waals surface area contributed by atoms with Crippen molar-refractivity contribution in [2.75, 3.05) is 32.7 Å². The van der Waals surface area contributed by atoms with Gasteiger partial charge in [0.2, 0.25) is 0 Å². The zero-order chi connectivity index (χ0) is 18.1. The molecule has 2 aliphatic heterocycles. The van der Waals surface area contributed by atoms with Gasteiger partial charge in [-0.2, -0.15) is 5.10 Å². The number of aromatic nitrogens is 2. The molecule has 0 bridgehead atoms. The first-order chi connectivity index (χ1) is 12.6. The predicted octanol–water partition coefficient (Wildman–Crippen LogP) is 2.69. The Balaban J connectivity index is 1.46. The van der Waals surface area contributed by atoms with Crippen LogP contribution in [0, 0.1) is 0 Å². The maximum absolute atomic E-state index is 12.8. The molecule has 7 heteroatoms. The van der Waals surface area contributed by atoms with Gasteiger partial charge >= 0.3 is 0 Å². The lowest BCUT2D eigenvalue weighted by Crippen LogP contribution is -2.48. The van der Waals surface area contributed by atoms with Gasteiger partial charge in [-0.3, -0.25) is 9.48 Å². The molecule has 3 heterocycles. The number of ether oxygens (including phenoxy) is 1. The van der Waals surface area contributed by atoms with Gasteiger partial charge in [-0.25, -0.2) is 0 Å². The van der Waals surface area contributed by atoms with Crippen LogP contribution in [0.4, 0.5) is 0 Å². The topological polar surface area (TPSA) is 50.6 Å². The molecule has 26 heavy (non-hydrogen) atoms. The van der Waals surface area contributed by atoms with Gasteiger partial charge in [0.15, 0.2) is 5.69 Å². The smallest absolute Gasteiger partial charge is 0.274 e. The van der Waals surface area contributed by atoms with Crippen molar-refractivity contribution < 1.29 is 9.53 Å². The zero-order valence-corrected chi connectivity index (χ0v) is 16.5. The monoisotopic (exact) mass is 418 g/mol. The number of carbonyl (C=O) groups excluding carboxylic acids is 1. The highest BCUT2D eigenvalue weighted by Gasteiger charge is 2.27. The van der Waals surface area contributed by atoms with Gasteiger partial charge in [-0.1, -0.05) is 35.0 Å². The Hall–Kier alpha value is -1.70. The van der Waals surface area contributed by atoms with Gasteiger partial charge in [-0.15, -0.1) is 0 Å². The van der Waals surface area contributed by atoms with E-state index in [1.807, 2.05) is 27.8 Å². The highest BCUT2D eigenvalue weighted by molar-refractivity contribution is 9.10. The Morgan fingerprint density at radius 1 is 1.23 bits per heavy atom. The highest BCUT2D eigenvalue weighted by atomic mass is 79.9. The largest absolute Gasteiger partial charge is 0.365 e. The van der Waals surface area contributed by atoms with Crippen LogP contribution in [-0.4, -0.2) is 58.2 Å². The van der Waals surface area contributed by atoms with Crippen LogP contribution in [0.5, 0.6) is 0 Å². The molecule has 0 spiro atoms. The number of benzene rings is 1. The number of hydrogen-bond donors (Lipinski definition) is 0. The third kappa shape index (κ3) is 3.56.